The molecule has 1 aromatic heterocycles. The van der Waals surface area contributed by atoms with Crippen molar-refractivity contribution in [1.29, 1.82) is 0 Å². The minimum atomic E-state index is -0.360. The number of nitrogens with zero attached hydrogens (tertiary/aromatic N) is 1. The third-order valence-corrected chi connectivity index (χ3v) is 6.00. The second kappa shape index (κ2) is 7.94. The fraction of sp³-hybridized carbons (Fsp3) is 0.182. The fourth-order valence-electron chi connectivity index (χ4n) is 3.26. The van der Waals surface area contributed by atoms with Crippen molar-refractivity contribution < 1.29 is 14.0 Å². The van der Waals surface area contributed by atoms with Gasteiger partial charge in [-0.25, -0.2) is 4.39 Å². The molecule has 4 nitrogen and oxygen atoms in total. The van der Waals surface area contributed by atoms with E-state index in [2.05, 4.69) is 5.32 Å². The Balaban J connectivity index is 1.42. The molecule has 0 saturated heterocycles. The molecule has 0 saturated carbocycles. The number of nitrogens with one attached hydrogen (secondary N) is 1. The molecule has 0 bridgehead atoms. The van der Waals surface area contributed by atoms with Crippen LogP contribution in [-0.2, 0) is 19.5 Å². The van der Waals surface area contributed by atoms with Gasteiger partial charge in [0.25, 0.3) is 11.8 Å². The Morgan fingerprint density at radius 1 is 1.07 bits per heavy atom. The van der Waals surface area contributed by atoms with Gasteiger partial charge in [-0.15, -0.1) is 11.3 Å². The number of benzene rings is 2. The highest BCUT2D eigenvalue weighted by Gasteiger charge is 2.25. The van der Waals surface area contributed by atoms with Crippen LogP contribution in [-0.4, -0.2) is 23.3 Å². The van der Waals surface area contributed by atoms with Gasteiger partial charge in [-0.05, 0) is 47.9 Å². The van der Waals surface area contributed by atoms with Crippen molar-refractivity contribution >= 4 is 23.2 Å². The number of hydrogen-bond acceptors (Lipinski definition) is 3. The van der Waals surface area contributed by atoms with E-state index in [1.165, 1.54) is 35.6 Å². The van der Waals surface area contributed by atoms with Crippen LogP contribution in [0.2, 0.25) is 0 Å². The molecule has 4 rings (SSSR count). The summed E-state index contributed by atoms with van der Waals surface area (Å²) in [5.74, 6) is -0.576. The topological polar surface area (TPSA) is 49.4 Å². The van der Waals surface area contributed by atoms with E-state index in [0.29, 0.717) is 30.1 Å². The van der Waals surface area contributed by atoms with Crippen LogP contribution in [0.15, 0.2) is 60.7 Å². The van der Waals surface area contributed by atoms with Crippen molar-refractivity contribution in [2.75, 3.05) is 6.54 Å². The molecule has 28 heavy (non-hydrogen) atoms. The predicted octanol–water partition coefficient (Wildman–Crippen LogP) is 4.02. The molecule has 6 heteroatoms. The number of halogens is 1. The Bertz CT molecular complexity index is 999. The van der Waals surface area contributed by atoms with E-state index >= 15 is 0 Å². The van der Waals surface area contributed by atoms with Crippen molar-refractivity contribution in [3.63, 3.8) is 0 Å². The quantitative estimate of drug-likeness (QED) is 0.727. The average molecular weight is 394 g/mol. The molecule has 2 aromatic carbocycles. The average Bonchev–Trinajstić information content (AvgIpc) is 3.16. The number of thiophene rings is 1. The first kappa shape index (κ1) is 18.4. The first-order chi connectivity index (χ1) is 13.6. The van der Waals surface area contributed by atoms with Crippen LogP contribution in [0.1, 0.15) is 36.0 Å². The van der Waals surface area contributed by atoms with E-state index in [9.17, 15) is 14.0 Å². The summed E-state index contributed by atoms with van der Waals surface area (Å²) in [6.07, 6.45) is 0.721. The highest BCUT2D eigenvalue weighted by molar-refractivity contribution is 7.14. The molecular weight excluding hydrogens is 375 g/mol. The van der Waals surface area contributed by atoms with Gasteiger partial charge in [0.1, 0.15) is 5.82 Å². The van der Waals surface area contributed by atoms with Crippen molar-refractivity contribution in [1.82, 2.24) is 10.2 Å². The van der Waals surface area contributed by atoms with Crippen LogP contribution in [0.5, 0.6) is 0 Å². The van der Waals surface area contributed by atoms with E-state index < -0.39 is 0 Å². The second-order valence-electron chi connectivity index (χ2n) is 6.71. The maximum absolute atomic E-state index is 13.1. The zero-order valence-electron chi connectivity index (χ0n) is 15.2. The second-order valence-corrected chi connectivity index (χ2v) is 7.85. The highest BCUT2D eigenvalue weighted by Crippen LogP contribution is 2.29. The van der Waals surface area contributed by atoms with E-state index in [1.807, 2.05) is 36.4 Å². The number of carbonyl (C=O) groups excluding carboxylic acids is 2. The standard InChI is InChI=1S/C22H19FN2O2S/c23-18-8-6-16(7-9-18)22(27)25-11-10-19-17(14-25)12-20(28-19)21(26)24-13-15-4-2-1-3-5-15/h1-9,12H,10-11,13-14H2,(H,24,26). The monoisotopic (exact) mass is 394 g/mol. The maximum atomic E-state index is 13.1. The van der Waals surface area contributed by atoms with Gasteiger partial charge in [0, 0.05) is 30.1 Å². The molecule has 0 unspecified atom stereocenters. The Kier molecular flexibility index (Phi) is 5.21. The minimum Gasteiger partial charge on any atom is -0.347 e. The lowest BCUT2D eigenvalue weighted by Crippen LogP contribution is -2.35. The van der Waals surface area contributed by atoms with Crippen LogP contribution in [0.25, 0.3) is 0 Å². The molecule has 0 atom stereocenters. The number of fused-ring (bicyclic) bond motifs is 1. The first-order valence-corrected chi connectivity index (χ1v) is 9.90. The summed E-state index contributed by atoms with van der Waals surface area (Å²) < 4.78 is 13.1. The molecular formula is C22H19FN2O2S. The third-order valence-electron chi connectivity index (χ3n) is 4.76. The molecule has 1 aliphatic rings. The summed E-state index contributed by atoms with van der Waals surface area (Å²) in [5.41, 5.74) is 2.53. The van der Waals surface area contributed by atoms with Crippen molar-refractivity contribution in [2.24, 2.45) is 0 Å². The summed E-state index contributed by atoms with van der Waals surface area (Å²) >= 11 is 1.49. The van der Waals surface area contributed by atoms with Gasteiger partial charge >= 0.3 is 0 Å². The minimum absolute atomic E-state index is 0.0975. The van der Waals surface area contributed by atoms with Gasteiger partial charge in [0.15, 0.2) is 0 Å². The van der Waals surface area contributed by atoms with Gasteiger partial charge < -0.3 is 10.2 Å². The van der Waals surface area contributed by atoms with Crippen LogP contribution in [0, 0.1) is 5.82 Å². The molecule has 0 radical (unpaired) electrons. The van der Waals surface area contributed by atoms with Gasteiger partial charge in [0.2, 0.25) is 0 Å². The molecule has 0 spiro atoms. The molecule has 2 amide bonds. The number of carbonyl (C=O) groups is 2. The Morgan fingerprint density at radius 3 is 2.57 bits per heavy atom. The summed E-state index contributed by atoms with van der Waals surface area (Å²) in [6.45, 7) is 1.54. The van der Waals surface area contributed by atoms with Gasteiger partial charge in [-0.3, -0.25) is 9.59 Å². The van der Waals surface area contributed by atoms with Gasteiger partial charge in [0.05, 0.1) is 4.88 Å². The highest BCUT2D eigenvalue weighted by atomic mass is 32.1. The Morgan fingerprint density at radius 2 is 1.82 bits per heavy atom. The Labute approximate surface area is 166 Å². The van der Waals surface area contributed by atoms with Gasteiger partial charge in [-0.2, -0.15) is 0 Å². The Hall–Kier alpha value is -2.99. The zero-order valence-corrected chi connectivity index (χ0v) is 16.0. The molecule has 142 valence electrons. The van der Waals surface area contributed by atoms with Crippen LogP contribution >= 0.6 is 11.3 Å². The number of rotatable bonds is 4. The molecule has 2 heterocycles. The molecule has 1 N–H and O–H groups in total. The van der Waals surface area contributed by atoms with Crippen LogP contribution < -0.4 is 5.32 Å². The lowest BCUT2D eigenvalue weighted by molar-refractivity contribution is 0.0735. The summed E-state index contributed by atoms with van der Waals surface area (Å²) in [4.78, 5) is 28.7. The fourth-order valence-corrected chi connectivity index (χ4v) is 4.34. The van der Waals surface area contributed by atoms with Crippen molar-refractivity contribution in [3.05, 3.63) is 92.9 Å². The predicted molar refractivity (Wildman–Crippen MR) is 107 cm³/mol. The van der Waals surface area contributed by atoms with Gasteiger partial charge in [-0.1, -0.05) is 30.3 Å². The lowest BCUT2D eigenvalue weighted by Gasteiger charge is -2.27. The number of hydrogen-bond donors (Lipinski definition) is 1. The molecule has 0 aliphatic carbocycles. The molecule has 1 aliphatic heterocycles. The van der Waals surface area contributed by atoms with E-state index in [4.69, 9.17) is 0 Å². The van der Waals surface area contributed by atoms with Crippen molar-refractivity contribution in [2.45, 2.75) is 19.5 Å². The SMILES string of the molecule is O=C(NCc1ccccc1)c1cc2c(s1)CCN(C(=O)c1ccc(F)cc1)C2. The lowest BCUT2D eigenvalue weighted by atomic mass is 10.1. The smallest absolute Gasteiger partial charge is 0.261 e. The van der Waals surface area contributed by atoms with Crippen molar-refractivity contribution in [3.8, 4) is 0 Å². The maximum Gasteiger partial charge on any atom is 0.261 e. The normalized spacial score (nSPS) is 13.1. The summed E-state index contributed by atoms with van der Waals surface area (Å²) in [5, 5.41) is 2.94. The van der Waals surface area contributed by atoms with E-state index in [1.54, 1.807) is 4.90 Å². The summed E-state index contributed by atoms with van der Waals surface area (Å²) in [7, 11) is 0. The van der Waals surface area contributed by atoms with Crippen LogP contribution in [0.4, 0.5) is 4.39 Å². The molecule has 3 aromatic rings. The van der Waals surface area contributed by atoms with Crippen LogP contribution in [0.3, 0.4) is 0 Å². The summed E-state index contributed by atoms with van der Waals surface area (Å²) in [6, 6.07) is 17.2. The molecule has 0 fully saturated rings. The van der Waals surface area contributed by atoms with E-state index in [-0.39, 0.29) is 17.6 Å². The number of amides is 2. The third kappa shape index (κ3) is 3.97. The van der Waals surface area contributed by atoms with E-state index in [0.717, 1.165) is 22.4 Å². The zero-order chi connectivity index (χ0) is 19.5. The largest absolute Gasteiger partial charge is 0.347 e. The first-order valence-electron chi connectivity index (χ1n) is 9.09.